The van der Waals surface area contributed by atoms with Crippen molar-refractivity contribution in [2.75, 3.05) is 11.5 Å². The van der Waals surface area contributed by atoms with Crippen LogP contribution in [0.5, 0.6) is 0 Å². The molecule has 0 amide bonds. The third-order valence-electron chi connectivity index (χ3n) is 1.66. The van der Waals surface area contributed by atoms with Gasteiger partial charge in [-0.05, 0) is 24.3 Å². The molecule has 13 heavy (non-hydrogen) atoms. The minimum Gasteiger partial charge on any atom is -0.399 e. The minimum atomic E-state index is -0.394. The van der Waals surface area contributed by atoms with Gasteiger partial charge in [0.25, 0.3) is 0 Å². The van der Waals surface area contributed by atoms with E-state index in [1.54, 1.807) is 24.3 Å². The van der Waals surface area contributed by atoms with Crippen molar-refractivity contribution in [2.45, 2.75) is 18.6 Å². The van der Waals surface area contributed by atoms with Gasteiger partial charge in [-0.1, -0.05) is 0 Å². The predicted molar refractivity (Wildman–Crippen MR) is 51.9 cm³/mol. The molecule has 1 aromatic rings. The Morgan fingerprint density at radius 3 is 1.31 bits per heavy atom. The molecule has 1 fully saturated rings. The van der Waals surface area contributed by atoms with Gasteiger partial charge in [0.05, 0.1) is 12.2 Å². The molecule has 4 nitrogen and oxygen atoms in total. The highest BCUT2D eigenvalue weighted by Gasteiger charge is 2.32. The second-order valence-corrected chi connectivity index (χ2v) is 3.04. The lowest BCUT2D eigenvalue weighted by molar-refractivity contribution is 0.180. The van der Waals surface area contributed by atoms with E-state index >= 15 is 0 Å². The average Bonchev–Trinajstić information content (AvgIpc) is 2.72. The number of nitrogen functional groups attached to an aromatic ring is 2. The van der Waals surface area contributed by atoms with Crippen LogP contribution in [0.3, 0.4) is 0 Å². The first-order chi connectivity index (χ1) is 6.09. The Bertz CT molecular complexity index is 234. The maximum absolute atomic E-state index is 8.19. The summed E-state index contributed by atoms with van der Waals surface area (Å²) in [6, 6.07) is 7.09. The second-order valence-electron chi connectivity index (χ2n) is 3.04. The number of anilines is 2. The summed E-state index contributed by atoms with van der Waals surface area (Å²) in [5.41, 5.74) is 12.2. The van der Waals surface area contributed by atoms with Gasteiger partial charge in [-0.2, -0.15) is 0 Å². The first kappa shape index (κ1) is 9.83. The summed E-state index contributed by atoms with van der Waals surface area (Å²) in [5.74, 6) is 0. The van der Waals surface area contributed by atoms with E-state index in [2.05, 4.69) is 0 Å². The van der Waals surface area contributed by atoms with Crippen molar-refractivity contribution in [3.8, 4) is 0 Å². The number of benzene rings is 1. The van der Waals surface area contributed by atoms with Crippen LogP contribution in [0.25, 0.3) is 0 Å². The summed E-state index contributed by atoms with van der Waals surface area (Å²) in [4.78, 5) is 0. The Labute approximate surface area is 76.8 Å². The van der Waals surface area contributed by atoms with Crippen LogP contribution < -0.4 is 11.5 Å². The molecule has 0 bridgehead atoms. The fourth-order valence-corrected chi connectivity index (χ4v) is 0.665. The van der Waals surface area contributed by atoms with E-state index in [9.17, 15) is 0 Å². The van der Waals surface area contributed by atoms with E-state index < -0.39 is 12.2 Å². The summed E-state index contributed by atoms with van der Waals surface area (Å²) < 4.78 is 0. The van der Waals surface area contributed by atoms with Crippen LogP contribution in [0, 0.1) is 0 Å². The number of aliphatic hydroxyl groups excluding tert-OH is 2. The average molecular weight is 182 g/mol. The zero-order chi connectivity index (χ0) is 9.84. The molecule has 0 saturated heterocycles. The normalized spacial score (nSPS) is 24.5. The molecule has 2 atom stereocenters. The van der Waals surface area contributed by atoms with Crippen molar-refractivity contribution in [3.63, 3.8) is 0 Å². The molecule has 72 valence electrons. The lowest BCUT2D eigenvalue weighted by Gasteiger charge is -1.90. The Morgan fingerprint density at radius 1 is 0.923 bits per heavy atom. The van der Waals surface area contributed by atoms with Crippen molar-refractivity contribution in [2.24, 2.45) is 0 Å². The highest BCUT2D eigenvalue weighted by atomic mass is 16.3. The molecule has 0 aromatic heterocycles. The van der Waals surface area contributed by atoms with Gasteiger partial charge >= 0.3 is 0 Å². The Morgan fingerprint density at radius 2 is 1.15 bits per heavy atom. The topological polar surface area (TPSA) is 92.5 Å². The Balaban J connectivity index is 0.000000145. The van der Waals surface area contributed by atoms with Crippen LogP contribution in [0.1, 0.15) is 6.42 Å². The fourth-order valence-electron chi connectivity index (χ4n) is 0.665. The van der Waals surface area contributed by atoms with E-state index in [4.69, 9.17) is 21.7 Å². The standard InChI is InChI=1S/C6H8N2.C3H6O2/c7-5-1-2-6(8)4-3-5;4-2-1-3(2)5/h1-4H,7-8H2;2-5H,1H2. The largest absolute Gasteiger partial charge is 0.399 e. The molecule has 1 aromatic carbocycles. The number of hydrogen-bond donors (Lipinski definition) is 4. The van der Waals surface area contributed by atoms with Crippen molar-refractivity contribution >= 4 is 11.4 Å². The molecule has 6 N–H and O–H groups in total. The molecule has 4 heteroatoms. The number of hydrogen-bond acceptors (Lipinski definition) is 4. The van der Waals surface area contributed by atoms with Crippen LogP contribution >= 0.6 is 0 Å². The van der Waals surface area contributed by atoms with Crippen molar-refractivity contribution < 1.29 is 10.2 Å². The summed E-state index contributed by atoms with van der Waals surface area (Å²) in [5, 5.41) is 16.4. The first-order valence-corrected chi connectivity index (χ1v) is 4.06. The van der Waals surface area contributed by atoms with E-state index in [1.165, 1.54) is 0 Å². The molecule has 0 radical (unpaired) electrons. The van der Waals surface area contributed by atoms with Crippen LogP contribution in [0.4, 0.5) is 11.4 Å². The second kappa shape index (κ2) is 4.11. The van der Waals surface area contributed by atoms with E-state index in [-0.39, 0.29) is 0 Å². The van der Waals surface area contributed by atoms with Gasteiger partial charge in [0.15, 0.2) is 0 Å². The third kappa shape index (κ3) is 3.78. The Hall–Kier alpha value is -1.26. The van der Waals surface area contributed by atoms with Gasteiger partial charge in [0.2, 0.25) is 0 Å². The van der Waals surface area contributed by atoms with Crippen LogP contribution in [0.15, 0.2) is 24.3 Å². The molecule has 0 heterocycles. The number of rotatable bonds is 0. The molecule has 1 saturated carbocycles. The maximum atomic E-state index is 8.19. The minimum absolute atomic E-state index is 0.394. The molecule has 1 aliphatic rings. The van der Waals surface area contributed by atoms with Gasteiger partial charge in [-0.15, -0.1) is 0 Å². The zero-order valence-corrected chi connectivity index (χ0v) is 7.22. The lowest BCUT2D eigenvalue weighted by atomic mass is 10.3. The van der Waals surface area contributed by atoms with Gasteiger partial charge in [0.1, 0.15) is 0 Å². The smallest absolute Gasteiger partial charge is 0.0825 e. The molecular formula is C9H14N2O2. The van der Waals surface area contributed by atoms with E-state index in [0.29, 0.717) is 6.42 Å². The molecule has 2 rings (SSSR count). The SMILES string of the molecule is Nc1ccc(N)cc1.OC1CC1O. The lowest BCUT2D eigenvalue weighted by Crippen LogP contribution is -1.86. The molecule has 0 spiro atoms. The molecule has 1 aliphatic carbocycles. The summed E-state index contributed by atoms with van der Waals surface area (Å²) in [6.45, 7) is 0. The van der Waals surface area contributed by atoms with Crippen LogP contribution in [0.2, 0.25) is 0 Å². The maximum Gasteiger partial charge on any atom is 0.0825 e. The summed E-state index contributed by atoms with van der Waals surface area (Å²) in [6.07, 6.45) is -0.204. The number of aliphatic hydroxyl groups is 2. The van der Waals surface area contributed by atoms with Gasteiger partial charge in [-0.25, -0.2) is 0 Å². The van der Waals surface area contributed by atoms with E-state index in [0.717, 1.165) is 11.4 Å². The number of nitrogens with two attached hydrogens (primary N) is 2. The molecular weight excluding hydrogens is 168 g/mol. The zero-order valence-electron chi connectivity index (χ0n) is 7.22. The quantitative estimate of drug-likeness (QED) is 0.424. The highest BCUT2D eigenvalue weighted by Crippen LogP contribution is 2.18. The monoisotopic (exact) mass is 182 g/mol. The highest BCUT2D eigenvalue weighted by molar-refractivity contribution is 5.47. The van der Waals surface area contributed by atoms with Crippen molar-refractivity contribution in [1.82, 2.24) is 0 Å². The van der Waals surface area contributed by atoms with Gasteiger partial charge < -0.3 is 21.7 Å². The third-order valence-corrected chi connectivity index (χ3v) is 1.66. The van der Waals surface area contributed by atoms with Crippen LogP contribution in [-0.2, 0) is 0 Å². The van der Waals surface area contributed by atoms with Crippen LogP contribution in [-0.4, -0.2) is 22.4 Å². The van der Waals surface area contributed by atoms with Crippen molar-refractivity contribution in [3.05, 3.63) is 24.3 Å². The van der Waals surface area contributed by atoms with Gasteiger partial charge in [-0.3, -0.25) is 0 Å². The molecule has 2 unspecified atom stereocenters. The molecule has 0 aliphatic heterocycles. The fraction of sp³-hybridized carbons (Fsp3) is 0.333. The summed E-state index contributed by atoms with van der Waals surface area (Å²) >= 11 is 0. The Kier molecular flexibility index (Phi) is 3.11. The summed E-state index contributed by atoms with van der Waals surface area (Å²) in [7, 11) is 0. The van der Waals surface area contributed by atoms with Crippen molar-refractivity contribution in [1.29, 1.82) is 0 Å². The van der Waals surface area contributed by atoms with Gasteiger partial charge in [0, 0.05) is 17.8 Å². The van der Waals surface area contributed by atoms with E-state index in [1.807, 2.05) is 0 Å². The first-order valence-electron chi connectivity index (χ1n) is 4.06. The predicted octanol–water partition coefficient (Wildman–Crippen LogP) is -0.0371.